The van der Waals surface area contributed by atoms with E-state index in [1.165, 1.54) is 18.0 Å². The van der Waals surface area contributed by atoms with Crippen molar-refractivity contribution in [3.8, 4) is 0 Å². The van der Waals surface area contributed by atoms with Crippen LogP contribution in [0.3, 0.4) is 0 Å². The molecule has 0 aliphatic carbocycles. The number of nitrogens with one attached hydrogen (secondary N) is 1. The molecule has 92 valence electrons. The highest BCUT2D eigenvalue weighted by molar-refractivity contribution is 7.98. The highest BCUT2D eigenvalue weighted by atomic mass is 32.2. The zero-order chi connectivity index (χ0) is 12.7. The summed E-state index contributed by atoms with van der Waals surface area (Å²) in [6.07, 6.45) is 5.04. The molecule has 1 heterocycles. The van der Waals surface area contributed by atoms with Crippen LogP contribution in [-0.4, -0.2) is 35.3 Å². The Hall–Kier alpha value is -1.56. The Morgan fingerprint density at radius 2 is 2.47 bits per heavy atom. The molecular weight excluding hydrogens is 238 g/mol. The molecule has 6 heteroatoms. The van der Waals surface area contributed by atoms with Gasteiger partial charge in [0.1, 0.15) is 11.4 Å². The second kappa shape index (κ2) is 6.90. The van der Waals surface area contributed by atoms with Crippen LogP contribution in [0.4, 0.5) is 5.82 Å². The minimum Gasteiger partial charge on any atom is -0.462 e. The van der Waals surface area contributed by atoms with Crippen LogP contribution in [0.5, 0.6) is 0 Å². The van der Waals surface area contributed by atoms with E-state index in [2.05, 4.69) is 21.9 Å². The quantitative estimate of drug-likeness (QED) is 0.362. The predicted octanol–water partition coefficient (Wildman–Crippen LogP) is 1.97. The number of carbonyl (C=O) groups excluding carboxylic acids is 1. The summed E-state index contributed by atoms with van der Waals surface area (Å²) in [5.41, 5.74) is 0.339. The number of rotatable bonds is 6. The van der Waals surface area contributed by atoms with E-state index in [1.54, 1.807) is 13.0 Å². The van der Waals surface area contributed by atoms with Crippen LogP contribution >= 0.6 is 11.8 Å². The molecule has 0 bridgehead atoms. The first-order chi connectivity index (χ1) is 8.22. The normalized spacial score (nSPS) is 9.76. The molecule has 1 aromatic heterocycles. The van der Waals surface area contributed by atoms with E-state index in [-0.39, 0.29) is 0 Å². The first-order valence-electron chi connectivity index (χ1n) is 5.15. The van der Waals surface area contributed by atoms with E-state index in [1.807, 2.05) is 6.26 Å². The summed E-state index contributed by atoms with van der Waals surface area (Å²) in [4.78, 5) is 19.9. The average molecular weight is 253 g/mol. The van der Waals surface area contributed by atoms with E-state index in [9.17, 15) is 4.79 Å². The molecule has 0 aliphatic rings. The number of hydrogen-bond donors (Lipinski definition) is 1. The Balaban J connectivity index is 3.00. The van der Waals surface area contributed by atoms with Crippen molar-refractivity contribution in [2.45, 2.75) is 12.1 Å². The lowest BCUT2D eigenvalue weighted by Crippen LogP contribution is -2.12. The van der Waals surface area contributed by atoms with Gasteiger partial charge in [0.25, 0.3) is 0 Å². The monoisotopic (exact) mass is 253 g/mol. The number of carbonyl (C=O) groups is 1. The van der Waals surface area contributed by atoms with Crippen molar-refractivity contribution in [2.24, 2.45) is 0 Å². The average Bonchev–Trinajstić information content (AvgIpc) is 2.36. The Labute approximate surface area is 105 Å². The lowest BCUT2D eigenvalue weighted by molar-refractivity contribution is 0.0526. The molecule has 0 fully saturated rings. The molecule has 0 saturated heterocycles. The maximum Gasteiger partial charge on any atom is 0.343 e. The second-order valence-electron chi connectivity index (χ2n) is 3.01. The second-order valence-corrected chi connectivity index (χ2v) is 3.78. The summed E-state index contributed by atoms with van der Waals surface area (Å²) >= 11 is 1.41. The SMILES string of the molecule is C=CCNc1nc(SC)ncc1C(=O)OCC. The number of thioether (sulfide) groups is 1. The van der Waals surface area contributed by atoms with Crippen molar-refractivity contribution in [3.63, 3.8) is 0 Å². The maximum atomic E-state index is 11.7. The van der Waals surface area contributed by atoms with Gasteiger partial charge in [-0.2, -0.15) is 0 Å². The van der Waals surface area contributed by atoms with E-state index in [0.717, 1.165) is 0 Å². The molecular formula is C11H15N3O2S. The lowest BCUT2D eigenvalue weighted by Gasteiger charge is -2.09. The third-order valence-corrected chi connectivity index (χ3v) is 2.42. The number of aromatic nitrogens is 2. The van der Waals surface area contributed by atoms with Crippen LogP contribution in [0.25, 0.3) is 0 Å². The Morgan fingerprint density at radius 3 is 3.06 bits per heavy atom. The largest absolute Gasteiger partial charge is 0.462 e. The Kier molecular flexibility index (Phi) is 5.48. The van der Waals surface area contributed by atoms with Crippen LogP contribution in [0.2, 0.25) is 0 Å². The molecule has 0 atom stereocenters. The molecule has 1 rings (SSSR count). The summed E-state index contributed by atoms with van der Waals surface area (Å²) in [6.45, 7) is 6.21. The molecule has 0 unspecified atom stereocenters. The fraction of sp³-hybridized carbons (Fsp3) is 0.364. The van der Waals surface area contributed by atoms with E-state index >= 15 is 0 Å². The van der Waals surface area contributed by atoms with Gasteiger partial charge in [0.05, 0.1) is 6.61 Å². The maximum absolute atomic E-state index is 11.7. The van der Waals surface area contributed by atoms with Gasteiger partial charge in [-0.3, -0.25) is 0 Å². The molecule has 0 radical (unpaired) electrons. The first kappa shape index (κ1) is 13.5. The number of ether oxygens (including phenoxy) is 1. The zero-order valence-corrected chi connectivity index (χ0v) is 10.7. The minimum atomic E-state index is -0.424. The Bertz CT molecular complexity index is 410. The summed E-state index contributed by atoms with van der Waals surface area (Å²) in [5.74, 6) is 0.0504. The standard InChI is InChI=1S/C11H15N3O2S/c1-4-6-12-9-8(10(15)16-5-2)7-13-11(14-9)17-3/h4,7H,1,5-6H2,2-3H3,(H,12,13,14). The molecule has 0 spiro atoms. The third-order valence-electron chi connectivity index (χ3n) is 1.86. The fourth-order valence-corrected chi connectivity index (χ4v) is 1.47. The van der Waals surface area contributed by atoms with Crippen molar-refractivity contribution in [3.05, 3.63) is 24.4 Å². The number of hydrogen-bond acceptors (Lipinski definition) is 6. The van der Waals surface area contributed by atoms with Crippen molar-refractivity contribution in [1.82, 2.24) is 9.97 Å². The fourth-order valence-electron chi connectivity index (χ4n) is 1.13. The number of esters is 1. The van der Waals surface area contributed by atoms with Gasteiger partial charge in [0.15, 0.2) is 5.16 Å². The molecule has 0 aliphatic heterocycles. The molecule has 0 saturated carbocycles. The highest BCUT2D eigenvalue weighted by Gasteiger charge is 2.15. The first-order valence-corrected chi connectivity index (χ1v) is 6.38. The van der Waals surface area contributed by atoms with E-state index in [0.29, 0.717) is 29.7 Å². The molecule has 17 heavy (non-hydrogen) atoms. The van der Waals surface area contributed by atoms with Crippen LogP contribution < -0.4 is 5.32 Å². The summed E-state index contributed by atoms with van der Waals surface area (Å²) in [6, 6.07) is 0. The van der Waals surface area contributed by atoms with Gasteiger partial charge in [-0.15, -0.1) is 6.58 Å². The summed E-state index contributed by atoms with van der Waals surface area (Å²) in [7, 11) is 0. The van der Waals surface area contributed by atoms with Crippen molar-refractivity contribution in [2.75, 3.05) is 24.7 Å². The van der Waals surface area contributed by atoms with Gasteiger partial charge >= 0.3 is 5.97 Å². The van der Waals surface area contributed by atoms with Gasteiger partial charge in [-0.25, -0.2) is 14.8 Å². The van der Waals surface area contributed by atoms with Crippen molar-refractivity contribution < 1.29 is 9.53 Å². The van der Waals surface area contributed by atoms with Crippen LogP contribution in [0, 0.1) is 0 Å². The summed E-state index contributed by atoms with van der Waals surface area (Å²) in [5, 5.41) is 3.60. The van der Waals surface area contributed by atoms with Gasteiger partial charge in [0, 0.05) is 12.7 Å². The van der Waals surface area contributed by atoms with Gasteiger partial charge < -0.3 is 10.1 Å². The van der Waals surface area contributed by atoms with E-state index in [4.69, 9.17) is 4.74 Å². The molecule has 0 amide bonds. The van der Waals surface area contributed by atoms with Gasteiger partial charge in [0.2, 0.25) is 0 Å². The molecule has 1 aromatic rings. The van der Waals surface area contributed by atoms with Crippen molar-refractivity contribution in [1.29, 1.82) is 0 Å². The molecule has 0 aromatic carbocycles. The lowest BCUT2D eigenvalue weighted by atomic mass is 10.3. The Morgan fingerprint density at radius 1 is 1.71 bits per heavy atom. The smallest absolute Gasteiger partial charge is 0.343 e. The summed E-state index contributed by atoms with van der Waals surface area (Å²) < 4.78 is 4.93. The molecule has 1 N–H and O–H groups in total. The van der Waals surface area contributed by atoms with Crippen LogP contribution in [0.15, 0.2) is 24.0 Å². The van der Waals surface area contributed by atoms with E-state index < -0.39 is 5.97 Å². The van der Waals surface area contributed by atoms with Crippen LogP contribution in [-0.2, 0) is 4.74 Å². The minimum absolute atomic E-state index is 0.323. The number of nitrogens with zero attached hydrogens (tertiary/aromatic N) is 2. The third kappa shape index (κ3) is 3.74. The highest BCUT2D eigenvalue weighted by Crippen LogP contribution is 2.17. The van der Waals surface area contributed by atoms with Crippen molar-refractivity contribution >= 4 is 23.5 Å². The topological polar surface area (TPSA) is 64.1 Å². The number of anilines is 1. The van der Waals surface area contributed by atoms with Gasteiger partial charge in [-0.1, -0.05) is 17.8 Å². The molecule has 5 nitrogen and oxygen atoms in total. The van der Waals surface area contributed by atoms with Crippen LogP contribution in [0.1, 0.15) is 17.3 Å². The van der Waals surface area contributed by atoms with Gasteiger partial charge in [-0.05, 0) is 13.2 Å². The zero-order valence-electron chi connectivity index (χ0n) is 9.90. The predicted molar refractivity (Wildman–Crippen MR) is 68.5 cm³/mol.